The molecule has 5 heteroatoms. The predicted octanol–water partition coefficient (Wildman–Crippen LogP) is 0.898. The molecule has 23 heavy (non-hydrogen) atoms. The standard InChI is InChI=1S/C18H25N3O2/c1-14(7-8-15-5-3-2-4-6-15)12-20-9-10-21-16(13-20)11-19-17(22)18(21)23/h2-6,14,16H,7-13H2,1H3,(H,19,22)/t14-,16-/m1/s1. The van der Waals surface area contributed by atoms with Crippen LogP contribution in [0, 0.1) is 5.92 Å². The monoisotopic (exact) mass is 315 g/mol. The van der Waals surface area contributed by atoms with Crippen LogP contribution < -0.4 is 5.32 Å². The number of carbonyl (C=O) groups is 2. The highest BCUT2D eigenvalue weighted by molar-refractivity contribution is 6.35. The molecule has 3 rings (SSSR count). The van der Waals surface area contributed by atoms with Crippen LogP contribution in [0.1, 0.15) is 18.9 Å². The molecule has 0 spiro atoms. The van der Waals surface area contributed by atoms with E-state index < -0.39 is 5.91 Å². The van der Waals surface area contributed by atoms with Crippen LogP contribution >= 0.6 is 0 Å². The minimum absolute atomic E-state index is 0.135. The maximum atomic E-state index is 11.8. The lowest BCUT2D eigenvalue weighted by molar-refractivity contribution is -0.152. The lowest BCUT2D eigenvalue weighted by atomic mass is 9.99. The Bertz CT molecular complexity index is 561. The third-order valence-electron chi connectivity index (χ3n) is 4.86. The van der Waals surface area contributed by atoms with Gasteiger partial charge < -0.3 is 10.2 Å². The lowest BCUT2D eigenvalue weighted by Gasteiger charge is -2.44. The van der Waals surface area contributed by atoms with Crippen LogP contribution in [0.4, 0.5) is 0 Å². The third-order valence-corrected chi connectivity index (χ3v) is 4.86. The van der Waals surface area contributed by atoms with Crippen LogP contribution in [0.5, 0.6) is 0 Å². The molecule has 0 aliphatic carbocycles. The van der Waals surface area contributed by atoms with Crippen molar-refractivity contribution >= 4 is 11.8 Å². The fraction of sp³-hybridized carbons (Fsp3) is 0.556. The Hall–Kier alpha value is -1.88. The summed E-state index contributed by atoms with van der Waals surface area (Å²) < 4.78 is 0. The largest absolute Gasteiger partial charge is 0.346 e. The van der Waals surface area contributed by atoms with Gasteiger partial charge in [0.2, 0.25) is 0 Å². The van der Waals surface area contributed by atoms with Crippen molar-refractivity contribution < 1.29 is 9.59 Å². The van der Waals surface area contributed by atoms with Crippen LogP contribution in [-0.2, 0) is 16.0 Å². The molecule has 2 amide bonds. The van der Waals surface area contributed by atoms with Crippen molar-refractivity contribution in [2.75, 3.05) is 32.7 Å². The molecule has 2 atom stereocenters. The first-order chi connectivity index (χ1) is 11.1. The summed E-state index contributed by atoms with van der Waals surface area (Å²) in [7, 11) is 0. The van der Waals surface area contributed by atoms with E-state index >= 15 is 0 Å². The van der Waals surface area contributed by atoms with Crippen molar-refractivity contribution in [3.63, 3.8) is 0 Å². The van der Waals surface area contributed by atoms with E-state index in [0.717, 1.165) is 26.1 Å². The van der Waals surface area contributed by atoms with Gasteiger partial charge in [0, 0.05) is 32.7 Å². The summed E-state index contributed by atoms with van der Waals surface area (Å²) in [4.78, 5) is 27.4. The molecule has 2 saturated heterocycles. The molecule has 1 aromatic carbocycles. The number of nitrogens with zero attached hydrogens (tertiary/aromatic N) is 2. The van der Waals surface area contributed by atoms with E-state index in [1.807, 2.05) is 0 Å². The molecule has 2 aliphatic heterocycles. The Morgan fingerprint density at radius 3 is 2.78 bits per heavy atom. The second-order valence-electron chi connectivity index (χ2n) is 6.75. The van der Waals surface area contributed by atoms with Crippen LogP contribution in [-0.4, -0.2) is 60.4 Å². The normalized spacial score (nSPS) is 23.3. The van der Waals surface area contributed by atoms with Gasteiger partial charge in [0.25, 0.3) is 0 Å². The molecule has 0 unspecified atom stereocenters. The lowest BCUT2D eigenvalue weighted by Crippen LogP contribution is -2.65. The number of rotatable bonds is 5. The van der Waals surface area contributed by atoms with Crippen molar-refractivity contribution in [2.45, 2.75) is 25.8 Å². The zero-order valence-corrected chi connectivity index (χ0v) is 13.7. The highest BCUT2D eigenvalue weighted by Gasteiger charge is 2.37. The first-order valence-electron chi connectivity index (χ1n) is 8.48. The molecule has 0 radical (unpaired) electrons. The van der Waals surface area contributed by atoms with Gasteiger partial charge in [-0.3, -0.25) is 14.5 Å². The van der Waals surface area contributed by atoms with Crippen LogP contribution in [0.25, 0.3) is 0 Å². The van der Waals surface area contributed by atoms with Crippen molar-refractivity contribution in [3.05, 3.63) is 35.9 Å². The Morgan fingerprint density at radius 1 is 1.22 bits per heavy atom. The molecule has 0 aromatic heterocycles. The van der Waals surface area contributed by atoms with E-state index in [9.17, 15) is 9.59 Å². The van der Waals surface area contributed by atoms with Gasteiger partial charge in [-0.2, -0.15) is 0 Å². The molecule has 0 saturated carbocycles. The number of carbonyl (C=O) groups excluding carboxylic acids is 2. The maximum Gasteiger partial charge on any atom is 0.312 e. The fourth-order valence-electron chi connectivity index (χ4n) is 3.53. The number of benzene rings is 1. The van der Waals surface area contributed by atoms with E-state index in [1.54, 1.807) is 4.90 Å². The van der Waals surface area contributed by atoms with Gasteiger partial charge in [-0.1, -0.05) is 37.3 Å². The zero-order valence-electron chi connectivity index (χ0n) is 13.7. The van der Waals surface area contributed by atoms with E-state index in [4.69, 9.17) is 0 Å². The topological polar surface area (TPSA) is 52.7 Å². The second-order valence-corrected chi connectivity index (χ2v) is 6.75. The van der Waals surface area contributed by atoms with Gasteiger partial charge >= 0.3 is 11.8 Å². The van der Waals surface area contributed by atoms with Gasteiger partial charge in [0.05, 0.1) is 6.04 Å². The maximum absolute atomic E-state index is 11.8. The minimum atomic E-state index is -0.453. The summed E-state index contributed by atoms with van der Waals surface area (Å²) in [5, 5.41) is 2.69. The Kier molecular flexibility index (Phi) is 4.96. The summed E-state index contributed by atoms with van der Waals surface area (Å²) in [6.45, 7) is 6.33. The molecule has 2 fully saturated rings. The molecule has 2 heterocycles. The van der Waals surface area contributed by atoms with Crippen molar-refractivity contribution in [2.24, 2.45) is 5.92 Å². The first-order valence-corrected chi connectivity index (χ1v) is 8.48. The smallest absolute Gasteiger partial charge is 0.312 e. The number of fused-ring (bicyclic) bond motifs is 1. The van der Waals surface area contributed by atoms with Crippen molar-refractivity contribution in [3.8, 4) is 0 Å². The predicted molar refractivity (Wildman–Crippen MR) is 88.9 cm³/mol. The van der Waals surface area contributed by atoms with E-state index in [1.165, 1.54) is 12.0 Å². The molecular formula is C18H25N3O2. The minimum Gasteiger partial charge on any atom is -0.346 e. The Labute approximate surface area is 137 Å². The Balaban J connectivity index is 1.46. The molecule has 5 nitrogen and oxygen atoms in total. The Morgan fingerprint density at radius 2 is 2.00 bits per heavy atom. The van der Waals surface area contributed by atoms with E-state index in [-0.39, 0.29) is 11.9 Å². The summed E-state index contributed by atoms with van der Waals surface area (Å²) >= 11 is 0. The van der Waals surface area contributed by atoms with Gasteiger partial charge in [0.15, 0.2) is 0 Å². The van der Waals surface area contributed by atoms with Crippen LogP contribution in [0.3, 0.4) is 0 Å². The van der Waals surface area contributed by atoms with Crippen molar-refractivity contribution in [1.82, 2.24) is 15.1 Å². The second kappa shape index (κ2) is 7.13. The molecule has 124 valence electrons. The summed E-state index contributed by atoms with van der Waals surface area (Å²) in [5.41, 5.74) is 1.39. The van der Waals surface area contributed by atoms with Gasteiger partial charge in [0.1, 0.15) is 0 Å². The van der Waals surface area contributed by atoms with Crippen LogP contribution in [0.2, 0.25) is 0 Å². The molecule has 2 aliphatic rings. The summed E-state index contributed by atoms with van der Waals surface area (Å²) in [6.07, 6.45) is 2.28. The number of piperazine rings is 2. The number of hydrogen-bond acceptors (Lipinski definition) is 3. The highest BCUT2D eigenvalue weighted by Crippen LogP contribution is 2.16. The van der Waals surface area contributed by atoms with Crippen LogP contribution in [0.15, 0.2) is 30.3 Å². The van der Waals surface area contributed by atoms with Gasteiger partial charge in [-0.15, -0.1) is 0 Å². The molecule has 1 N–H and O–H groups in total. The van der Waals surface area contributed by atoms with Gasteiger partial charge in [-0.25, -0.2) is 0 Å². The average molecular weight is 315 g/mol. The zero-order chi connectivity index (χ0) is 16.2. The first kappa shape index (κ1) is 16.0. The molecular weight excluding hydrogens is 290 g/mol. The number of nitrogens with one attached hydrogen (secondary N) is 1. The molecule has 0 bridgehead atoms. The number of hydrogen-bond donors (Lipinski definition) is 1. The SMILES string of the molecule is C[C@H](CCc1ccccc1)CN1CCN2C(=O)C(=O)NC[C@@H]2C1. The third kappa shape index (κ3) is 3.91. The summed E-state index contributed by atoms with van der Waals surface area (Å²) in [6, 6.07) is 10.7. The summed E-state index contributed by atoms with van der Waals surface area (Å²) in [5.74, 6) is -0.195. The average Bonchev–Trinajstić information content (AvgIpc) is 2.57. The van der Waals surface area contributed by atoms with E-state index in [0.29, 0.717) is 19.0 Å². The quantitative estimate of drug-likeness (QED) is 0.822. The number of amides is 2. The van der Waals surface area contributed by atoms with Gasteiger partial charge in [-0.05, 0) is 24.3 Å². The highest BCUT2D eigenvalue weighted by atomic mass is 16.2. The molecule has 1 aromatic rings. The van der Waals surface area contributed by atoms with E-state index in [2.05, 4.69) is 47.5 Å². The van der Waals surface area contributed by atoms with Crippen molar-refractivity contribution in [1.29, 1.82) is 0 Å². The number of aryl methyl sites for hydroxylation is 1. The fourth-order valence-corrected chi connectivity index (χ4v) is 3.53.